The summed E-state index contributed by atoms with van der Waals surface area (Å²) in [7, 11) is 0. The lowest BCUT2D eigenvalue weighted by Crippen LogP contribution is -2.23. The topological polar surface area (TPSA) is 46.2 Å². The molecular formula is C12H17NO2. The van der Waals surface area contributed by atoms with Crippen molar-refractivity contribution in [2.24, 2.45) is 5.92 Å². The fourth-order valence-corrected chi connectivity index (χ4v) is 1.47. The molecule has 1 aliphatic rings. The minimum Gasteiger partial charge on any atom is -0.355 e. The van der Waals surface area contributed by atoms with Gasteiger partial charge in [0.25, 0.3) is 0 Å². The average molecular weight is 207 g/mol. The second-order valence-corrected chi connectivity index (χ2v) is 3.61. The molecule has 0 saturated carbocycles. The van der Waals surface area contributed by atoms with Crippen molar-refractivity contribution in [2.75, 3.05) is 6.54 Å². The maximum absolute atomic E-state index is 11.5. The normalized spacial score (nSPS) is 21.4. The van der Waals surface area contributed by atoms with E-state index in [-0.39, 0.29) is 11.7 Å². The first-order chi connectivity index (χ1) is 7.25. The Morgan fingerprint density at radius 1 is 1.53 bits per heavy atom. The number of allylic oxidation sites excluding steroid dienone is 4. The number of hydrogen-bond acceptors (Lipinski definition) is 2. The van der Waals surface area contributed by atoms with Gasteiger partial charge in [0.15, 0.2) is 5.78 Å². The molecular weight excluding hydrogens is 190 g/mol. The molecule has 82 valence electrons. The van der Waals surface area contributed by atoms with E-state index in [1.54, 1.807) is 6.08 Å². The van der Waals surface area contributed by atoms with E-state index in [1.807, 2.05) is 12.2 Å². The SMILES string of the molecule is CCC/C=C/C=C/C(=O)C1CCNC1=O. The number of unbranched alkanes of at least 4 members (excludes halogenated alkanes) is 1. The number of rotatable bonds is 5. The molecule has 1 fully saturated rings. The summed E-state index contributed by atoms with van der Waals surface area (Å²) >= 11 is 0. The Morgan fingerprint density at radius 2 is 2.33 bits per heavy atom. The minimum absolute atomic E-state index is 0.0915. The highest BCUT2D eigenvalue weighted by molar-refractivity contribution is 6.07. The molecule has 0 aromatic carbocycles. The standard InChI is InChI=1S/C12H17NO2/c1-2-3-4-5-6-7-11(14)10-8-9-13-12(10)15/h4-7,10H,2-3,8-9H2,1H3,(H,13,15)/b5-4+,7-6+. The van der Waals surface area contributed by atoms with Crippen LogP contribution in [0.2, 0.25) is 0 Å². The van der Waals surface area contributed by atoms with Crippen LogP contribution in [0.15, 0.2) is 24.3 Å². The van der Waals surface area contributed by atoms with E-state index in [0.29, 0.717) is 13.0 Å². The van der Waals surface area contributed by atoms with E-state index in [2.05, 4.69) is 12.2 Å². The molecule has 0 aromatic rings. The van der Waals surface area contributed by atoms with Gasteiger partial charge in [-0.05, 0) is 18.9 Å². The van der Waals surface area contributed by atoms with E-state index in [4.69, 9.17) is 0 Å². The van der Waals surface area contributed by atoms with Crippen LogP contribution in [-0.2, 0) is 9.59 Å². The van der Waals surface area contributed by atoms with Gasteiger partial charge in [-0.1, -0.05) is 31.6 Å². The maximum Gasteiger partial charge on any atom is 0.231 e. The van der Waals surface area contributed by atoms with Gasteiger partial charge in [-0.25, -0.2) is 0 Å². The van der Waals surface area contributed by atoms with E-state index in [9.17, 15) is 9.59 Å². The number of carbonyl (C=O) groups excluding carboxylic acids is 2. The van der Waals surface area contributed by atoms with Crippen LogP contribution in [0, 0.1) is 5.92 Å². The fraction of sp³-hybridized carbons (Fsp3) is 0.500. The molecule has 1 atom stereocenters. The number of ketones is 1. The Labute approximate surface area is 90.2 Å². The summed E-state index contributed by atoms with van der Waals surface area (Å²) in [4.78, 5) is 22.7. The third-order valence-corrected chi connectivity index (χ3v) is 2.36. The van der Waals surface area contributed by atoms with Gasteiger partial charge in [0.2, 0.25) is 5.91 Å². The Kier molecular flexibility index (Phi) is 4.81. The molecule has 15 heavy (non-hydrogen) atoms. The van der Waals surface area contributed by atoms with Crippen molar-refractivity contribution in [2.45, 2.75) is 26.2 Å². The third kappa shape index (κ3) is 3.70. The number of carbonyl (C=O) groups is 2. The molecule has 1 saturated heterocycles. The monoisotopic (exact) mass is 207 g/mol. The summed E-state index contributed by atoms with van der Waals surface area (Å²) in [6, 6.07) is 0. The average Bonchev–Trinajstić information content (AvgIpc) is 2.64. The Balaban J connectivity index is 2.38. The number of hydrogen-bond donors (Lipinski definition) is 1. The largest absolute Gasteiger partial charge is 0.355 e. The summed E-state index contributed by atoms with van der Waals surface area (Å²) in [5, 5.41) is 2.65. The molecule has 1 N–H and O–H groups in total. The molecule has 1 amide bonds. The first-order valence-corrected chi connectivity index (χ1v) is 5.40. The third-order valence-electron chi connectivity index (χ3n) is 2.36. The molecule has 1 aliphatic heterocycles. The molecule has 0 aromatic heterocycles. The molecule has 0 aliphatic carbocycles. The van der Waals surface area contributed by atoms with Crippen molar-refractivity contribution in [3.05, 3.63) is 24.3 Å². The van der Waals surface area contributed by atoms with Crippen molar-refractivity contribution in [3.63, 3.8) is 0 Å². The lowest BCUT2D eigenvalue weighted by atomic mass is 10.0. The van der Waals surface area contributed by atoms with Crippen molar-refractivity contribution in [1.82, 2.24) is 5.32 Å². The number of nitrogens with one attached hydrogen (secondary N) is 1. The molecule has 3 nitrogen and oxygen atoms in total. The zero-order valence-corrected chi connectivity index (χ0v) is 9.03. The van der Waals surface area contributed by atoms with Gasteiger partial charge in [0, 0.05) is 6.54 Å². The van der Waals surface area contributed by atoms with Gasteiger partial charge in [-0.15, -0.1) is 0 Å². The smallest absolute Gasteiger partial charge is 0.231 e. The lowest BCUT2D eigenvalue weighted by molar-refractivity contribution is -0.129. The zero-order chi connectivity index (χ0) is 11.1. The molecule has 1 heterocycles. The molecule has 3 heteroatoms. The Hall–Kier alpha value is -1.38. The second kappa shape index (κ2) is 6.17. The van der Waals surface area contributed by atoms with E-state index < -0.39 is 5.92 Å². The lowest BCUT2D eigenvalue weighted by Gasteiger charge is -1.99. The predicted molar refractivity (Wildman–Crippen MR) is 59.3 cm³/mol. The highest BCUT2D eigenvalue weighted by Crippen LogP contribution is 2.10. The predicted octanol–water partition coefficient (Wildman–Crippen LogP) is 1.60. The van der Waals surface area contributed by atoms with Crippen LogP contribution >= 0.6 is 0 Å². The Morgan fingerprint density at radius 3 is 2.93 bits per heavy atom. The highest BCUT2D eigenvalue weighted by atomic mass is 16.2. The molecule has 0 spiro atoms. The van der Waals surface area contributed by atoms with E-state index >= 15 is 0 Å². The fourth-order valence-electron chi connectivity index (χ4n) is 1.47. The van der Waals surface area contributed by atoms with Crippen LogP contribution in [0.1, 0.15) is 26.2 Å². The maximum atomic E-state index is 11.5. The van der Waals surface area contributed by atoms with Crippen LogP contribution in [0.5, 0.6) is 0 Å². The minimum atomic E-state index is -0.458. The summed E-state index contributed by atoms with van der Waals surface area (Å²) < 4.78 is 0. The van der Waals surface area contributed by atoms with Gasteiger partial charge in [0.1, 0.15) is 5.92 Å². The van der Waals surface area contributed by atoms with Crippen LogP contribution < -0.4 is 5.32 Å². The van der Waals surface area contributed by atoms with Gasteiger partial charge < -0.3 is 5.32 Å². The quantitative estimate of drug-likeness (QED) is 0.423. The summed E-state index contributed by atoms with van der Waals surface area (Å²) in [6.45, 7) is 2.72. The summed E-state index contributed by atoms with van der Waals surface area (Å²) in [6.07, 6.45) is 9.81. The summed E-state index contributed by atoms with van der Waals surface area (Å²) in [5.74, 6) is -0.686. The van der Waals surface area contributed by atoms with E-state index in [1.165, 1.54) is 6.08 Å². The van der Waals surface area contributed by atoms with Crippen LogP contribution in [0.4, 0.5) is 0 Å². The number of amides is 1. The second-order valence-electron chi connectivity index (χ2n) is 3.61. The van der Waals surface area contributed by atoms with Crippen molar-refractivity contribution in [1.29, 1.82) is 0 Å². The van der Waals surface area contributed by atoms with Gasteiger partial charge in [-0.2, -0.15) is 0 Å². The highest BCUT2D eigenvalue weighted by Gasteiger charge is 2.28. The van der Waals surface area contributed by atoms with Crippen LogP contribution in [0.25, 0.3) is 0 Å². The van der Waals surface area contributed by atoms with Gasteiger partial charge in [0.05, 0.1) is 0 Å². The van der Waals surface area contributed by atoms with Crippen LogP contribution in [0.3, 0.4) is 0 Å². The van der Waals surface area contributed by atoms with Crippen molar-refractivity contribution < 1.29 is 9.59 Å². The molecule has 1 rings (SSSR count). The van der Waals surface area contributed by atoms with Gasteiger partial charge in [-0.3, -0.25) is 9.59 Å². The van der Waals surface area contributed by atoms with Crippen LogP contribution in [-0.4, -0.2) is 18.2 Å². The van der Waals surface area contributed by atoms with Crippen molar-refractivity contribution in [3.8, 4) is 0 Å². The van der Waals surface area contributed by atoms with E-state index in [0.717, 1.165) is 12.8 Å². The van der Waals surface area contributed by atoms with Crippen molar-refractivity contribution >= 4 is 11.7 Å². The Bertz CT molecular complexity index is 292. The molecule has 0 radical (unpaired) electrons. The first-order valence-electron chi connectivity index (χ1n) is 5.40. The summed E-state index contributed by atoms with van der Waals surface area (Å²) in [5.41, 5.74) is 0. The first kappa shape index (κ1) is 11.7. The van der Waals surface area contributed by atoms with Gasteiger partial charge >= 0.3 is 0 Å². The molecule has 0 bridgehead atoms. The molecule has 1 unspecified atom stereocenters. The zero-order valence-electron chi connectivity index (χ0n) is 9.03.